The Bertz CT molecular complexity index is 692. The minimum absolute atomic E-state index is 0.423. The standard InChI is InChI=1S/C19H17NO2/c1-2-3-15-4-6-16(7-5-15)10-13-19(21)22-18-11-8-17(14-20)9-12-18/h4-13H,2-3H2,1H3. The Morgan fingerprint density at radius 1 is 1.14 bits per heavy atom. The van der Waals surface area contributed by atoms with Crippen LogP contribution in [0, 0.1) is 11.3 Å². The second kappa shape index (κ2) is 7.80. The number of nitriles is 1. The Labute approximate surface area is 130 Å². The first-order valence-corrected chi connectivity index (χ1v) is 7.20. The maximum atomic E-state index is 11.7. The van der Waals surface area contributed by atoms with Crippen molar-refractivity contribution in [2.24, 2.45) is 0 Å². The van der Waals surface area contributed by atoms with Crippen LogP contribution in [0.5, 0.6) is 5.75 Å². The lowest BCUT2D eigenvalue weighted by Gasteiger charge is -2.01. The smallest absolute Gasteiger partial charge is 0.336 e. The van der Waals surface area contributed by atoms with Crippen molar-refractivity contribution in [3.05, 3.63) is 71.3 Å². The van der Waals surface area contributed by atoms with Crippen LogP contribution in [0.3, 0.4) is 0 Å². The van der Waals surface area contributed by atoms with E-state index in [1.807, 2.05) is 18.2 Å². The largest absolute Gasteiger partial charge is 0.423 e. The van der Waals surface area contributed by atoms with Gasteiger partial charge in [0.15, 0.2) is 0 Å². The lowest BCUT2D eigenvalue weighted by atomic mass is 10.1. The van der Waals surface area contributed by atoms with Gasteiger partial charge in [-0.3, -0.25) is 0 Å². The third kappa shape index (κ3) is 4.60. The summed E-state index contributed by atoms with van der Waals surface area (Å²) in [4.78, 5) is 11.7. The van der Waals surface area contributed by atoms with Gasteiger partial charge in [-0.05, 0) is 47.9 Å². The number of ether oxygens (including phenoxy) is 1. The number of carbonyl (C=O) groups excluding carboxylic acids is 1. The number of nitrogens with zero attached hydrogens (tertiary/aromatic N) is 1. The number of hydrogen-bond donors (Lipinski definition) is 0. The molecule has 2 aromatic rings. The van der Waals surface area contributed by atoms with E-state index in [0.717, 1.165) is 18.4 Å². The Balaban J connectivity index is 1.94. The van der Waals surface area contributed by atoms with E-state index < -0.39 is 5.97 Å². The molecule has 0 amide bonds. The maximum Gasteiger partial charge on any atom is 0.336 e. The fraction of sp³-hybridized carbons (Fsp3) is 0.158. The van der Waals surface area contributed by atoms with Crippen molar-refractivity contribution < 1.29 is 9.53 Å². The molecule has 110 valence electrons. The summed E-state index contributed by atoms with van der Waals surface area (Å²) < 4.78 is 5.16. The monoisotopic (exact) mass is 291 g/mol. The van der Waals surface area contributed by atoms with Crippen molar-refractivity contribution in [1.82, 2.24) is 0 Å². The van der Waals surface area contributed by atoms with Crippen LogP contribution in [0.25, 0.3) is 6.08 Å². The number of aryl methyl sites for hydroxylation is 1. The van der Waals surface area contributed by atoms with E-state index in [2.05, 4.69) is 19.1 Å². The summed E-state index contributed by atoms with van der Waals surface area (Å²) in [5.74, 6) is -0.0192. The SMILES string of the molecule is CCCc1ccc(C=CC(=O)Oc2ccc(C#N)cc2)cc1. The van der Waals surface area contributed by atoms with E-state index in [9.17, 15) is 4.79 Å². The third-order valence-corrected chi connectivity index (χ3v) is 3.13. The molecule has 0 N–H and O–H groups in total. The molecule has 0 aliphatic carbocycles. The van der Waals surface area contributed by atoms with Gasteiger partial charge in [-0.2, -0.15) is 5.26 Å². The molecule has 3 heteroatoms. The molecule has 0 fully saturated rings. The zero-order valence-corrected chi connectivity index (χ0v) is 12.5. The van der Waals surface area contributed by atoms with Gasteiger partial charge in [0, 0.05) is 6.08 Å². The predicted octanol–water partition coefficient (Wildman–Crippen LogP) is 4.13. The molecular weight excluding hydrogens is 274 g/mol. The highest BCUT2D eigenvalue weighted by Crippen LogP contribution is 2.12. The van der Waals surface area contributed by atoms with E-state index in [1.54, 1.807) is 30.3 Å². The van der Waals surface area contributed by atoms with Crippen LogP contribution in [0.1, 0.15) is 30.0 Å². The maximum absolute atomic E-state index is 11.7. The highest BCUT2D eigenvalue weighted by atomic mass is 16.5. The number of carbonyl (C=O) groups is 1. The van der Waals surface area contributed by atoms with Crippen LogP contribution in [0.4, 0.5) is 0 Å². The summed E-state index contributed by atoms with van der Waals surface area (Å²) in [6, 6.07) is 16.5. The Morgan fingerprint density at radius 3 is 2.41 bits per heavy atom. The third-order valence-electron chi connectivity index (χ3n) is 3.13. The second-order valence-corrected chi connectivity index (χ2v) is 4.88. The first kappa shape index (κ1) is 15.5. The van der Waals surface area contributed by atoms with Crippen LogP contribution < -0.4 is 4.74 Å². The summed E-state index contributed by atoms with van der Waals surface area (Å²) in [6.45, 7) is 2.15. The van der Waals surface area contributed by atoms with Crippen molar-refractivity contribution in [1.29, 1.82) is 5.26 Å². The van der Waals surface area contributed by atoms with Crippen molar-refractivity contribution >= 4 is 12.0 Å². The van der Waals surface area contributed by atoms with Crippen LogP contribution in [-0.4, -0.2) is 5.97 Å². The summed E-state index contributed by atoms with van der Waals surface area (Å²) in [5, 5.41) is 8.70. The predicted molar refractivity (Wildman–Crippen MR) is 86.3 cm³/mol. The molecule has 2 aromatic carbocycles. The van der Waals surface area contributed by atoms with Gasteiger partial charge in [-0.25, -0.2) is 4.79 Å². The topological polar surface area (TPSA) is 50.1 Å². The van der Waals surface area contributed by atoms with Gasteiger partial charge in [0.05, 0.1) is 11.6 Å². The summed E-state index contributed by atoms with van der Waals surface area (Å²) in [7, 11) is 0. The van der Waals surface area contributed by atoms with Crippen molar-refractivity contribution in [2.75, 3.05) is 0 Å². The summed E-state index contributed by atoms with van der Waals surface area (Å²) >= 11 is 0. The highest BCUT2D eigenvalue weighted by Gasteiger charge is 2.00. The van der Waals surface area contributed by atoms with Gasteiger partial charge in [0.1, 0.15) is 5.75 Å². The first-order chi connectivity index (χ1) is 10.7. The molecule has 0 radical (unpaired) electrons. The van der Waals surface area contributed by atoms with Crippen LogP contribution >= 0.6 is 0 Å². The first-order valence-electron chi connectivity index (χ1n) is 7.20. The van der Waals surface area contributed by atoms with Crippen LogP contribution in [-0.2, 0) is 11.2 Å². The normalized spacial score (nSPS) is 10.4. The Hall–Kier alpha value is -2.86. The molecule has 0 aliphatic heterocycles. The Kier molecular flexibility index (Phi) is 5.50. The number of esters is 1. The molecule has 0 unspecified atom stereocenters. The van der Waals surface area contributed by atoms with Crippen molar-refractivity contribution in [2.45, 2.75) is 19.8 Å². The minimum Gasteiger partial charge on any atom is -0.423 e. The molecule has 0 atom stereocenters. The summed E-state index contributed by atoms with van der Waals surface area (Å²) in [6.07, 6.45) is 5.30. The average Bonchev–Trinajstić information content (AvgIpc) is 2.55. The molecule has 0 bridgehead atoms. The van der Waals surface area contributed by atoms with Crippen LogP contribution in [0.15, 0.2) is 54.6 Å². The van der Waals surface area contributed by atoms with Gasteiger partial charge < -0.3 is 4.74 Å². The summed E-state index contributed by atoms with van der Waals surface area (Å²) in [5.41, 5.74) is 2.78. The molecule has 0 aliphatic rings. The molecule has 0 aromatic heterocycles. The van der Waals surface area contributed by atoms with Crippen molar-refractivity contribution in [3.63, 3.8) is 0 Å². The molecule has 0 heterocycles. The zero-order valence-electron chi connectivity index (χ0n) is 12.5. The number of hydrogen-bond acceptors (Lipinski definition) is 3. The van der Waals surface area contributed by atoms with Crippen LogP contribution in [0.2, 0.25) is 0 Å². The quantitative estimate of drug-likeness (QED) is 0.473. The van der Waals surface area contributed by atoms with E-state index in [4.69, 9.17) is 10.00 Å². The lowest BCUT2D eigenvalue weighted by Crippen LogP contribution is -2.03. The number of benzene rings is 2. The molecule has 0 spiro atoms. The van der Waals surface area contributed by atoms with Gasteiger partial charge in [-0.1, -0.05) is 37.6 Å². The number of rotatable bonds is 5. The fourth-order valence-electron chi connectivity index (χ4n) is 2.00. The lowest BCUT2D eigenvalue weighted by molar-refractivity contribution is -0.128. The zero-order chi connectivity index (χ0) is 15.8. The molecule has 22 heavy (non-hydrogen) atoms. The highest BCUT2D eigenvalue weighted by molar-refractivity contribution is 5.88. The molecule has 0 saturated carbocycles. The van der Waals surface area contributed by atoms with Crippen molar-refractivity contribution in [3.8, 4) is 11.8 Å². The van der Waals surface area contributed by atoms with E-state index >= 15 is 0 Å². The molecule has 0 saturated heterocycles. The Morgan fingerprint density at radius 2 is 1.82 bits per heavy atom. The molecule has 3 nitrogen and oxygen atoms in total. The van der Waals surface area contributed by atoms with Gasteiger partial charge >= 0.3 is 5.97 Å². The van der Waals surface area contributed by atoms with E-state index in [-0.39, 0.29) is 0 Å². The average molecular weight is 291 g/mol. The van der Waals surface area contributed by atoms with Gasteiger partial charge in [-0.15, -0.1) is 0 Å². The molecular formula is C19H17NO2. The van der Waals surface area contributed by atoms with E-state index in [1.165, 1.54) is 11.6 Å². The van der Waals surface area contributed by atoms with E-state index in [0.29, 0.717) is 11.3 Å². The molecule has 2 rings (SSSR count). The van der Waals surface area contributed by atoms with Gasteiger partial charge in [0.2, 0.25) is 0 Å². The second-order valence-electron chi connectivity index (χ2n) is 4.88. The minimum atomic E-state index is -0.442. The van der Waals surface area contributed by atoms with Gasteiger partial charge in [0.25, 0.3) is 0 Å². The fourth-order valence-corrected chi connectivity index (χ4v) is 2.00.